The molecule has 0 aliphatic carbocycles. The summed E-state index contributed by atoms with van der Waals surface area (Å²) in [5, 5.41) is 3.42. The smallest absolute Gasteiger partial charge is 0.106 e. The van der Waals surface area contributed by atoms with Crippen LogP contribution in [0.2, 0.25) is 0 Å². The molecule has 3 heteroatoms. The Morgan fingerprint density at radius 1 is 1.56 bits per heavy atom. The van der Waals surface area contributed by atoms with E-state index in [9.17, 15) is 0 Å². The molecule has 0 bridgehead atoms. The van der Waals surface area contributed by atoms with Gasteiger partial charge in [0.25, 0.3) is 0 Å². The van der Waals surface area contributed by atoms with E-state index < -0.39 is 0 Å². The first kappa shape index (κ1) is 13.0. The van der Waals surface area contributed by atoms with Gasteiger partial charge in [-0.3, -0.25) is 0 Å². The number of rotatable bonds is 6. The van der Waals surface area contributed by atoms with Crippen molar-refractivity contribution < 1.29 is 0 Å². The summed E-state index contributed by atoms with van der Waals surface area (Å²) in [6.45, 7) is 14.3. The van der Waals surface area contributed by atoms with Crippen LogP contribution in [-0.2, 0) is 13.1 Å². The molecule has 0 aromatic carbocycles. The SMILES string of the molecule is C=C(CC)Cn1c(CNC(C)C)cnc1C. The van der Waals surface area contributed by atoms with Crippen LogP contribution >= 0.6 is 0 Å². The summed E-state index contributed by atoms with van der Waals surface area (Å²) in [4.78, 5) is 4.36. The van der Waals surface area contributed by atoms with Gasteiger partial charge in [0.1, 0.15) is 5.82 Å². The van der Waals surface area contributed by atoms with Crippen LogP contribution in [0.1, 0.15) is 38.7 Å². The second kappa shape index (κ2) is 5.85. The third kappa shape index (κ3) is 3.49. The molecule has 0 amide bonds. The highest BCUT2D eigenvalue weighted by atomic mass is 15.1. The zero-order chi connectivity index (χ0) is 12.1. The zero-order valence-corrected chi connectivity index (χ0v) is 10.9. The predicted octanol–water partition coefficient (Wildman–Crippen LogP) is 2.66. The molecule has 16 heavy (non-hydrogen) atoms. The van der Waals surface area contributed by atoms with Crippen molar-refractivity contribution in [3.63, 3.8) is 0 Å². The summed E-state index contributed by atoms with van der Waals surface area (Å²) in [6, 6.07) is 0.498. The van der Waals surface area contributed by atoms with Gasteiger partial charge in [0, 0.05) is 25.3 Å². The molecule has 0 aliphatic heterocycles. The molecule has 90 valence electrons. The van der Waals surface area contributed by atoms with Gasteiger partial charge in [-0.2, -0.15) is 0 Å². The fourth-order valence-corrected chi connectivity index (χ4v) is 1.52. The van der Waals surface area contributed by atoms with E-state index in [1.807, 2.05) is 13.1 Å². The molecule has 0 atom stereocenters. The minimum absolute atomic E-state index is 0.498. The molecule has 0 unspecified atom stereocenters. The molecule has 1 N–H and O–H groups in total. The first-order valence-corrected chi connectivity index (χ1v) is 5.95. The van der Waals surface area contributed by atoms with Crippen LogP contribution in [0.4, 0.5) is 0 Å². The second-order valence-electron chi connectivity index (χ2n) is 4.52. The van der Waals surface area contributed by atoms with Crippen LogP contribution in [-0.4, -0.2) is 15.6 Å². The topological polar surface area (TPSA) is 29.9 Å². The molecule has 0 aliphatic rings. The van der Waals surface area contributed by atoms with Crippen LogP contribution in [0.3, 0.4) is 0 Å². The molecular formula is C13H23N3. The lowest BCUT2D eigenvalue weighted by Gasteiger charge is -2.13. The number of nitrogens with one attached hydrogen (secondary N) is 1. The minimum Gasteiger partial charge on any atom is -0.327 e. The van der Waals surface area contributed by atoms with Crippen LogP contribution < -0.4 is 5.32 Å². The number of hydrogen-bond acceptors (Lipinski definition) is 2. The van der Waals surface area contributed by atoms with Gasteiger partial charge in [0.05, 0.1) is 5.69 Å². The summed E-state index contributed by atoms with van der Waals surface area (Å²) in [5.41, 5.74) is 2.48. The van der Waals surface area contributed by atoms with Crippen molar-refractivity contribution in [1.29, 1.82) is 0 Å². The Morgan fingerprint density at radius 3 is 2.81 bits per heavy atom. The molecule has 0 saturated heterocycles. The van der Waals surface area contributed by atoms with Crippen LogP contribution in [0.5, 0.6) is 0 Å². The Kier molecular flexibility index (Phi) is 4.74. The maximum Gasteiger partial charge on any atom is 0.106 e. The van der Waals surface area contributed by atoms with Crippen LogP contribution in [0, 0.1) is 6.92 Å². The van der Waals surface area contributed by atoms with Gasteiger partial charge < -0.3 is 9.88 Å². The fraction of sp³-hybridized carbons (Fsp3) is 0.615. The number of aromatic nitrogens is 2. The van der Waals surface area contributed by atoms with Gasteiger partial charge in [0.2, 0.25) is 0 Å². The number of allylic oxidation sites excluding steroid dienone is 1. The number of imidazole rings is 1. The van der Waals surface area contributed by atoms with Gasteiger partial charge in [-0.1, -0.05) is 32.9 Å². The first-order valence-electron chi connectivity index (χ1n) is 5.95. The molecule has 1 aromatic rings. The van der Waals surface area contributed by atoms with Gasteiger partial charge in [-0.05, 0) is 13.3 Å². The summed E-state index contributed by atoms with van der Waals surface area (Å²) in [7, 11) is 0. The zero-order valence-electron chi connectivity index (χ0n) is 10.9. The van der Waals surface area contributed by atoms with E-state index in [0.717, 1.165) is 25.3 Å². The van der Waals surface area contributed by atoms with E-state index in [1.54, 1.807) is 0 Å². The Labute approximate surface area is 98.6 Å². The summed E-state index contributed by atoms with van der Waals surface area (Å²) in [6.07, 6.45) is 2.97. The Bertz CT molecular complexity index is 350. The third-order valence-electron chi connectivity index (χ3n) is 2.71. The number of hydrogen-bond donors (Lipinski definition) is 1. The molecule has 0 fully saturated rings. The molecule has 0 radical (unpaired) electrons. The predicted molar refractivity (Wildman–Crippen MR) is 68.4 cm³/mol. The van der Waals surface area contributed by atoms with E-state index in [0.29, 0.717) is 6.04 Å². The van der Waals surface area contributed by atoms with Gasteiger partial charge in [-0.15, -0.1) is 0 Å². The van der Waals surface area contributed by atoms with Crippen LogP contribution in [0.25, 0.3) is 0 Å². The highest BCUT2D eigenvalue weighted by molar-refractivity contribution is 5.08. The lowest BCUT2D eigenvalue weighted by atomic mass is 10.2. The van der Waals surface area contributed by atoms with E-state index in [-0.39, 0.29) is 0 Å². The third-order valence-corrected chi connectivity index (χ3v) is 2.71. The highest BCUT2D eigenvalue weighted by Gasteiger charge is 2.07. The Balaban J connectivity index is 2.73. The van der Waals surface area contributed by atoms with Gasteiger partial charge in [0.15, 0.2) is 0 Å². The lowest BCUT2D eigenvalue weighted by molar-refractivity contribution is 0.559. The van der Waals surface area contributed by atoms with Crippen molar-refractivity contribution in [2.24, 2.45) is 0 Å². The lowest BCUT2D eigenvalue weighted by Crippen LogP contribution is -2.23. The first-order chi connectivity index (χ1) is 7.54. The molecule has 1 rings (SSSR count). The van der Waals surface area contributed by atoms with Crippen molar-refractivity contribution in [3.8, 4) is 0 Å². The minimum atomic E-state index is 0.498. The van der Waals surface area contributed by atoms with E-state index in [2.05, 4.69) is 42.2 Å². The molecule has 0 spiro atoms. The second-order valence-corrected chi connectivity index (χ2v) is 4.52. The maximum atomic E-state index is 4.36. The summed E-state index contributed by atoms with van der Waals surface area (Å²) < 4.78 is 2.24. The Morgan fingerprint density at radius 2 is 2.25 bits per heavy atom. The molecule has 1 heterocycles. The molecular weight excluding hydrogens is 198 g/mol. The van der Waals surface area contributed by atoms with Crippen molar-refractivity contribution in [2.45, 2.75) is 53.2 Å². The average molecular weight is 221 g/mol. The average Bonchev–Trinajstić information content (AvgIpc) is 2.57. The van der Waals surface area contributed by atoms with Crippen molar-refractivity contribution in [3.05, 3.63) is 29.9 Å². The number of nitrogens with zero attached hydrogens (tertiary/aromatic N) is 2. The van der Waals surface area contributed by atoms with E-state index in [1.165, 1.54) is 11.3 Å². The largest absolute Gasteiger partial charge is 0.327 e. The fourth-order valence-electron chi connectivity index (χ4n) is 1.52. The summed E-state index contributed by atoms with van der Waals surface area (Å²) in [5.74, 6) is 1.06. The van der Waals surface area contributed by atoms with Crippen molar-refractivity contribution in [2.75, 3.05) is 0 Å². The standard InChI is InChI=1S/C13H23N3/c1-6-11(4)9-16-12(5)15-8-13(16)7-14-10(2)3/h8,10,14H,4,6-7,9H2,1-3,5H3. The van der Waals surface area contributed by atoms with Crippen molar-refractivity contribution in [1.82, 2.24) is 14.9 Å². The van der Waals surface area contributed by atoms with E-state index >= 15 is 0 Å². The Hall–Kier alpha value is -1.09. The quantitative estimate of drug-likeness (QED) is 0.748. The number of aryl methyl sites for hydroxylation is 1. The molecule has 3 nitrogen and oxygen atoms in total. The van der Waals surface area contributed by atoms with Gasteiger partial charge >= 0.3 is 0 Å². The summed E-state index contributed by atoms with van der Waals surface area (Å²) >= 11 is 0. The monoisotopic (exact) mass is 221 g/mol. The molecule has 1 aromatic heterocycles. The highest BCUT2D eigenvalue weighted by Crippen LogP contribution is 2.09. The normalized spacial score (nSPS) is 11.1. The van der Waals surface area contributed by atoms with Gasteiger partial charge in [-0.25, -0.2) is 4.98 Å². The maximum absolute atomic E-state index is 4.36. The molecule has 0 saturated carbocycles. The van der Waals surface area contributed by atoms with Crippen molar-refractivity contribution >= 4 is 0 Å². The van der Waals surface area contributed by atoms with Crippen LogP contribution in [0.15, 0.2) is 18.3 Å². The van der Waals surface area contributed by atoms with E-state index in [4.69, 9.17) is 0 Å².